The molecule has 10 heteroatoms. The Kier molecular flexibility index (Phi) is 4.51. The van der Waals surface area contributed by atoms with Crippen molar-refractivity contribution in [1.82, 2.24) is 19.7 Å². The Labute approximate surface area is 171 Å². The Morgan fingerprint density at radius 3 is 2.73 bits per heavy atom. The third-order valence-electron chi connectivity index (χ3n) is 5.21. The number of nitrogens with zero attached hydrogens (tertiary/aromatic N) is 4. The van der Waals surface area contributed by atoms with Gasteiger partial charge in [0, 0.05) is 5.56 Å². The first-order valence-corrected chi connectivity index (χ1v) is 9.63. The first-order valence-electron chi connectivity index (χ1n) is 9.63. The van der Waals surface area contributed by atoms with E-state index < -0.39 is 30.3 Å². The SMILES string of the molecule is CC1(C)O[C@H]2[C@H](O1)[C@@H](CO)O[C@H]2n1ncc2c(NC(=O)c3ccccc3)ncnc21. The van der Waals surface area contributed by atoms with Gasteiger partial charge in [-0.3, -0.25) is 4.79 Å². The van der Waals surface area contributed by atoms with Crippen LogP contribution < -0.4 is 5.32 Å². The lowest BCUT2D eigenvalue weighted by Crippen LogP contribution is -2.31. The minimum Gasteiger partial charge on any atom is -0.394 e. The van der Waals surface area contributed by atoms with Gasteiger partial charge in [-0.15, -0.1) is 0 Å². The zero-order valence-electron chi connectivity index (χ0n) is 16.4. The van der Waals surface area contributed by atoms with E-state index >= 15 is 0 Å². The summed E-state index contributed by atoms with van der Waals surface area (Å²) in [6.07, 6.45) is 0.860. The highest BCUT2D eigenvalue weighted by atomic mass is 16.8. The number of benzene rings is 1. The Morgan fingerprint density at radius 2 is 1.97 bits per heavy atom. The van der Waals surface area contributed by atoms with Gasteiger partial charge in [0.15, 0.2) is 17.7 Å². The fourth-order valence-electron chi connectivity index (χ4n) is 3.92. The molecular weight excluding hydrogens is 390 g/mol. The van der Waals surface area contributed by atoms with Crippen molar-refractivity contribution >= 4 is 22.8 Å². The standard InChI is InChI=1S/C20H21N5O5/c1-20(2)29-14-13(9-26)28-19(15(14)30-20)25-17-12(8-23-25)16(21-10-22-17)24-18(27)11-6-4-3-5-7-11/h3-8,10,13-15,19,26H,9H2,1-2H3,(H,21,22,24,27)/t13-,14-,15+,19-/m1/s1. The fraction of sp³-hybridized carbons (Fsp3) is 0.400. The van der Waals surface area contributed by atoms with E-state index in [1.165, 1.54) is 6.33 Å². The fourth-order valence-corrected chi connectivity index (χ4v) is 3.92. The van der Waals surface area contributed by atoms with E-state index in [2.05, 4.69) is 20.4 Å². The van der Waals surface area contributed by atoms with Gasteiger partial charge < -0.3 is 24.6 Å². The lowest BCUT2D eigenvalue weighted by atomic mass is 10.1. The minimum absolute atomic E-state index is 0.205. The quantitative estimate of drug-likeness (QED) is 0.662. The molecule has 0 radical (unpaired) electrons. The number of ether oxygens (including phenoxy) is 3. The van der Waals surface area contributed by atoms with Crippen LogP contribution in [0.3, 0.4) is 0 Å². The zero-order valence-corrected chi connectivity index (χ0v) is 16.4. The molecule has 1 aromatic carbocycles. The van der Waals surface area contributed by atoms with Crippen molar-refractivity contribution in [3.8, 4) is 0 Å². The number of rotatable bonds is 4. The maximum Gasteiger partial charge on any atom is 0.256 e. The summed E-state index contributed by atoms with van der Waals surface area (Å²) in [4.78, 5) is 21.1. The molecule has 1 amide bonds. The van der Waals surface area contributed by atoms with Gasteiger partial charge in [0.1, 0.15) is 30.5 Å². The van der Waals surface area contributed by atoms with Crippen molar-refractivity contribution in [3.05, 3.63) is 48.4 Å². The lowest BCUT2D eigenvalue weighted by Gasteiger charge is -2.23. The van der Waals surface area contributed by atoms with E-state index in [1.807, 2.05) is 19.9 Å². The van der Waals surface area contributed by atoms with Crippen molar-refractivity contribution in [2.45, 2.75) is 44.2 Å². The molecule has 0 saturated carbocycles. The first-order chi connectivity index (χ1) is 14.5. The maximum absolute atomic E-state index is 12.5. The van der Waals surface area contributed by atoms with Gasteiger partial charge in [0.2, 0.25) is 0 Å². The smallest absolute Gasteiger partial charge is 0.256 e. The van der Waals surface area contributed by atoms with E-state index in [-0.39, 0.29) is 12.5 Å². The van der Waals surface area contributed by atoms with Gasteiger partial charge in [-0.2, -0.15) is 5.10 Å². The first kappa shape index (κ1) is 19.1. The molecule has 0 aliphatic carbocycles. The second kappa shape index (κ2) is 7.10. The number of fused-ring (bicyclic) bond motifs is 2. The largest absolute Gasteiger partial charge is 0.394 e. The molecule has 2 N–H and O–H groups in total. The van der Waals surface area contributed by atoms with E-state index in [9.17, 15) is 9.90 Å². The molecular formula is C20H21N5O5. The molecule has 2 aliphatic rings. The van der Waals surface area contributed by atoms with Crippen molar-refractivity contribution < 1.29 is 24.1 Å². The van der Waals surface area contributed by atoms with Crippen LogP contribution >= 0.6 is 0 Å². The van der Waals surface area contributed by atoms with Crippen molar-refractivity contribution in [3.63, 3.8) is 0 Å². The average Bonchev–Trinajstić information content (AvgIpc) is 3.39. The zero-order chi connectivity index (χ0) is 20.9. The molecule has 4 atom stereocenters. The van der Waals surface area contributed by atoms with Crippen LogP contribution in [0.2, 0.25) is 0 Å². The molecule has 4 heterocycles. The van der Waals surface area contributed by atoms with Crippen LogP contribution in [0.15, 0.2) is 42.9 Å². The molecule has 156 valence electrons. The molecule has 3 aromatic rings. The van der Waals surface area contributed by atoms with Gasteiger partial charge in [0.25, 0.3) is 5.91 Å². The number of hydrogen-bond donors (Lipinski definition) is 2. The third-order valence-corrected chi connectivity index (χ3v) is 5.21. The number of carbonyl (C=O) groups is 1. The maximum atomic E-state index is 12.5. The Morgan fingerprint density at radius 1 is 1.20 bits per heavy atom. The van der Waals surface area contributed by atoms with Crippen LogP contribution in [-0.4, -0.2) is 61.5 Å². The van der Waals surface area contributed by atoms with Crippen LogP contribution in [0.5, 0.6) is 0 Å². The molecule has 5 rings (SSSR count). The summed E-state index contributed by atoms with van der Waals surface area (Å²) in [5.41, 5.74) is 0.993. The Balaban J connectivity index is 1.47. The van der Waals surface area contributed by atoms with Gasteiger partial charge in [-0.05, 0) is 26.0 Å². The van der Waals surface area contributed by atoms with Crippen LogP contribution in [0, 0.1) is 0 Å². The Bertz CT molecular complexity index is 1090. The number of anilines is 1. The van der Waals surface area contributed by atoms with E-state index in [0.29, 0.717) is 22.4 Å². The summed E-state index contributed by atoms with van der Waals surface area (Å²) < 4.78 is 19.5. The summed E-state index contributed by atoms with van der Waals surface area (Å²) in [5, 5.41) is 17.5. The van der Waals surface area contributed by atoms with Gasteiger partial charge in [0.05, 0.1) is 18.2 Å². The summed E-state index contributed by atoms with van der Waals surface area (Å²) in [5.74, 6) is -0.732. The van der Waals surface area contributed by atoms with Gasteiger partial charge >= 0.3 is 0 Å². The van der Waals surface area contributed by atoms with E-state index in [4.69, 9.17) is 14.2 Å². The van der Waals surface area contributed by atoms with Crippen molar-refractivity contribution in [1.29, 1.82) is 0 Å². The Hall–Kier alpha value is -2.92. The average molecular weight is 411 g/mol. The van der Waals surface area contributed by atoms with Gasteiger partial charge in [-0.25, -0.2) is 14.6 Å². The number of aromatic nitrogens is 4. The lowest BCUT2D eigenvalue weighted by molar-refractivity contribution is -0.201. The second-order valence-corrected chi connectivity index (χ2v) is 7.68. The molecule has 30 heavy (non-hydrogen) atoms. The molecule has 2 fully saturated rings. The normalized spacial score (nSPS) is 27.3. The molecule has 10 nitrogen and oxygen atoms in total. The number of hydrogen-bond acceptors (Lipinski definition) is 8. The van der Waals surface area contributed by atoms with Gasteiger partial charge in [-0.1, -0.05) is 18.2 Å². The predicted molar refractivity (Wildman–Crippen MR) is 105 cm³/mol. The predicted octanol–water partition coefficient (Wildman–Crippen LogP) is 1.49. The molecule has 0 unspecified atom stereocenters. The molecule has 0 bridgehead atoms. The number of aliphatic hydroxyl groups is 1. The molecule has 2 aliphatic heterocycles. The summed E-state index contributed by atoms with van der Waals surface area (Å²) >= 11 is 0. The molecule has 2 saturated heterocycles. The van der Waals surface area contributed by atoms with Crippen LogP contribution in [-0.2, 0) is 14.2 Å². The number of aliphatic hydroxyl groups excluding tert-OH is 1. The van der Waals surface area contributed by atoms with Crippen LogP contribution in [0.1, 0.15) is 30.4 Å². The minimum atomic E-state index is -0.794. The molecule has 0 spiro atoms. The highest BCUT2D eigenvalue weighted by Gasteiger charge is 2.56. The number of amides is 1. The van der Waals surface area contributed by atoms with E-state index in [1.54, 1.807) is 35.1 Å². The summed E-state index contributed by atoms with van der Waals surface area (Å²) in [6, 6.07) is 8.86. The number of carbonyl (C=O) groups excluding carboxylic acids is 1. The second-order valence-electron chi connectivity index (χ2n) is 7.68. The van der Waals surface area contributed by atoms with E-state index in [0.717, 1.165) is 0 Å². The third kappa shape index (κ3) is 3.14. The van der Waals surface area contributed by atoms with Crippen LogP contribution in [0.4, 0.5) is 5.82 Å². The summed E-state index contributed by atoms with van der Waals surface area (Å²) in [7, 11) is 0. The monoisotopic (exact) mass is 411 g/mol. The summed E-state index contributed by atoms with van der Waals surface area (Å²) in [6.45, 7) is 3.43. The van der Waals surface area contributed by atoms with Crippen LogP contribution in [0.25, 0.3) is 11.0 Å². The molecule has 2 aromatic heterocycles. The topological polar surface area (TPSA) is 121 Å². The van der Waals surface area contributed by atoms with Crippen molar-refractivity contribution in [2.24, 2.45) is 0 Å². The van der Waals surface area contributed by atoms with Crippen molar-refractivity contribution in [2.75, 3.05) is 11.9 Å². The highest BCUT2D eigenvalue weighted by Crippen LogP contribution is 2.43. The number of nitrogens with one attached hydrogen (secondary N) is 1. The highest BCUT2D eigenvalue weighted by molar-refractivity contribution is 6.07.